The van der Waals surface area contributed by atoms with Gasteiger partial charge in [0.25, 0.3) is 0 Å². The molecule has 0 radical (unpaired) electrons. The molecule has 7 rings (SSSR count). The van der Waals surface area contributed by atoms with Gasteiger partial charge in [0.1, 0.15) is 11.9 Å². The van der Waals surface area contributed by atoms with Gasteiger partial charge in [-0.15, -0.1) is 0 Å². The SMILES string of the molecule is Cn1c(C(NC(=O)CCNC(=O)C23CC4CC(CC(C4)C2)C3)c2ccccc2)nc2ccccc21. The normalized spacial score (nSPS) is 27.6. The summed E-state index contributed by atoms with van der Waals surface area (Å²) in [7, 11) is 1.98. The van der Waals surface area contributed by atoms with Crippen molar-refractivity contribution < 1.29 is 9.59 Å². The highest BCUT2D eigenvalue weighted by atomic mass is 16.2. The molecule has 1 atom stereocenters. The maximum absolute atomic E-state index is 13.2. The maximum atomic E-state index is 13.2. The van der Waals surface area contributed by atoms with Gasteiger partial charge in [-0.3, -0.25) is 9.59 Å². The topological polar surface area (TPSA) is 76.0 Å². The van der Waals surface area contributed by atoms with Gasteiger partial charge in [0.05, 0.1) is 11.0 Å². The minimum atomic E-state index is -0.361. The third-order valence-corrected chi connectivity index (χ3v) is 8.68. The number of hydrogen-bond acceptors (Lipinski definition) is 3. The van der Waals surface area contributed by atoms with E-state index in [1.807, 2.05) is 66.2 Å². The minimum Gasteiger partial charge on any atom is -0.355 e. The van der Waals surface area contributed by atoms with E-state index >= 15 is 0 Å². The molecule has 182 valence electrons. The maximum Gasteiger partial charge on any atom is 0.226 e. The number of fused-ring (bicyclic) bond motifs is 1. The fourth-order valence-electron chi connectivity index (χ4n) is 7.46. The molecule has 35 heavy (non-hydrogen) atoms. The fraction of sp³-hybridized carbons (Fsp3) is 0.483. The van der Waals surface area contributed by atoms with Crippen molar-refractivity contribution in [3.63, 3.8) is 0 Å². The molecule has 0 saturated heterocycles. The van der Waals surface area contributed by atoms with Crippen LogP contribution in [-0.2, 0) is 16.6 Å². The van der Waals surface area contributed by atoms with E-state index in [1.165, 1.54) is 19.3 Å². The van der Waals surface area contributed by atoms with E-state index in [-0.39, 0.29) is 29.7 Å². The van der Waals surface area contributed by atoms with Crippen molar-refractivity contribution in [3.05, 3.63) is 66.0 Å². The van der Waals surface area contributed by atoms with Crippen LogP contribution in [0.2, 0.25) is 0 Å². The molecule has 1 heterocycles. The second-order valence-electron chi connectivity index (χ2n) is 11.1. The van der Waals surface area contributed by atoms with Gasteiger partial charge in [0.2, 0.25) is 11.8 Å². The summed E-state index contributed by atoms with van der Waals surface area (Å²) >= 11 is 0. The summed E-state index contributed by atoms with van der Waals surface area (Å²) in [6.07, 6.45) is 7.33. The number of aryl methyl sites for hydroxylation is 1. The number of nitrogens with one attached hydrogen (secondary N) is 2. The zero-order valence-corrected chi connectivity index (χ0v) is 20.4. The molecular formula is C29H34N4O2. The van der Waals surface area contributed by atoms with Crippen LogP contribution < -0.4 is 10.6 Å². The standard InChI is InChI=1S/C29H34N4O2/c1-33-24-10-6-5-9-23(24)31-27(33)26(22-7-3-2-4-8-22)32-25(34)11-12-30-28(35)29-16-19-13-20(17-29)15-21(14-19)18-29/h2-10,19-21,26H,11-18H2,1H3,(H,30,35)(H,32,34). The molecule has 6 heteroatoms. The van der Waals surface area contributed by atoms with Crippen molar-refractivity contribution in [3.8, 4) is 0 Å². The number of benzene rings is 2. The third-order valence-electron chi connectivity index (χ3n) is 8.68. The molecule has 2 aromatic carbocycles. The van der Waals surface area contributed by atoms with Crippen molar-refractivity contribution in [1.82, 2.24) is 20.2 Å². The minimum absolute atomic E-state index is 0.0864. The first-order valence-corrected chi connectivity index (χ1v) is 13.0. The number of rotatable bonds is 7. The van der Waals surface area contributed by atoms with Crippen LogP contribution >= 0.6 is 0 Å². The molecule has 4 bridgehead atoms. The number of imidazole rings is 1. The first kappa shape index (κ1) is 22.3. The van der Waals surface area contributed by atoms with Gasteiger partial charge in [-0.1, -0.05) is 42.5 Å². The van der Waals surface area contributed by atoms with Gasteiger partial charge in [-0.2, -0.15) is 0 Å². The van der Waals surface area contributed by atoms with Crippen molar-refractivity contribution in [2.75, 3.05) is 6.54 Å². The highest BCUT2D eigenvalue weighted by Crippen LogP contribution is 2.60. The number of aromatic nitrogens is 2. The molecule has 4 aliphatic carbocycles. The second-order valence-corrected chi connectivity index (χ2v) is 11.1. The summed E-state index contributed by atoms with van der Waals surface area (Å²) in [6, 6.07) is 17.6. The van der Waals surface area contributed by atoms with Gasteiger partial charge in [0.15, 0.2) is 0 Å². The molecule has 4 saturated carbocycles. The Kier molecular flexibility index (Phi) is 5.62. The van der Waals surface area contributed by atoms with Crippen molar-refractivity contribution in [1.29, 1.82) is 0 Å². The Hall–Kier alpha value is -3.15. The van der Waals surface area contributed by atoms with Crippen molar-refractivity contribution in [2.24, 2.45) is 30.2 Å². The zero-order valence-electron chi connectivity index (χ0n) is 20.4. The molecule has 0 spiro atoms. The molecule has 2 N–H and O–H groups in total. The van der Waals surface area contributed by atoms with E-state index in [4.69, 9.17) is 4.98 Å². The van der Waals surface area contributed by atoms with Gasteiger partial charge in [-0.05, 0) is 74.0 Å². The molecule has 1 unspecified atom stereocenters. The Morgan fingerprint density at radius 2 is 1.60 bits per heavy atom. The number of carbonyl (C=O) groups is 2. The number of amides is 2. The van der Waals surface area contributed by atoms with Gasteiger partial charge in [-0.25, -0.2) is 4.98 Å². The van der Waals surface area contributed by atoms with Crippen LogP contribution in [0.5, 0.6) is 0 Å². The summed E-state index contributed by atoms with van der Waals surface area (Å²) < 4.78 is 2.04. The van der Waals surface area contributed by atoms with Crippen LogP contribution in [-0.4, -0.2) is 27.9 Å². The number of nitrogens with zero attached hydrogens (tertiary/aromatic N) is 2. The van der Waals surface area contributed by atoms with E-state index in [9.17, 15) is 9.59 Å². The van der Waals surface area contributed by atoms with Crippen LogP contribution in [0.25, 0.3) is 11.0 Å². The van der Waals surface area contributed by atoms with Crippen molar-refractivity contribution >= 4 is 22.8 Å². The lowest BCUT2D eigenvalue weighted by Gasteiger charge is -2.55. The van der Waals surface area contributed by atoms with Crippen molar-refractivity contribution in [2.45, 2.75) is 51.0 Å². The van der Waals surface area contributed by atoms with E-state index in [2.05, 4.69) is 10.6 Å². The lowest BCUT2D eigenvalue weighted by atomic mass is 9.49. The third kappa shape index (κ3) is 4.13. The number of hydrogen-bond donors (Lipinski definition) is 2. The monoisotopic (exact) mass is 470 g/mol. The summed E-state index contributed by atoms with van der Waals surface area (Å²) in [5, 5.41) is 6.32. The van der Waals surface area contributed by atoms with Gasteiger partial charge in [0, 0.05) is 25.4 Å². The summed E-state index contributed by atoms with van der Waals surface area (Å²) in [4.78, 5) is 31.1. The average Bonchev–Trinajstić information content (AvgIpc) is 3.18. The highest BCUT2D eigenvalue weighted by Gasteiger charge is 2.54. The van der Waals surface area contributed by atoms with Gasteiger partial charge < -0.3 is 15.2 Å². The Balaban J connectivity index is 1.13. The summed E-state index contributed by atoms with van der Waals surface area (Å²) in [5.74, 6) is 3.08. The van der Waals surface area contributed by atoms with E-state index < -0.39 is 0 Å². The first-order chi connectivity index (χ1) is 17.0. The first-order valence-electron chi connectivity index (χ1n) is 13.0. The Morgan fingerprint density at radius 1 is 0.971 bits per heavy atom. The molecule has 0 aliphatic heterocycles. The van der Waals surface area contributed by atoms with Crippen LogP contribution in [0.3, 0.4) is 0 Å². The largest absolute Gasteiger partial charge is 0.355 e. The Labute approximate surface area is 206 Å². The van der Waals surface area contributed by atoms with Crippen LogP contribution in [0.15, 0.2) is 54.6 Å². The fourth-order valence-corrected chi connectivity index (χ4v) is 7.46. The molecule has 2 amide bonds. The number of para-hydroxylation sites is 2. The molecular weight excluding hydrogens is 436 g/mol. The Morgan fingerprint density at radius 3 is 2.26 bits per heavy atom. The van der Waals surface area contributed by atoms with Crippen LogP contribution in [0.1, 0.15) is 62.4 Å². The molecule has 4 aliphatic rings. The van der Waals surface area contributed by atoms with Gasteiger partial charge >= 0.3 is 0 Å². The average molecular weight is 471 g/mol. The quantitative estimate of drug-likeness (QED) is 0.534. The van der Waals surface area contributed by atoms with E-state index in [1.54, 1.807) is 0 Å². The second kappa shape index (κ2) is 8.81. The molecule has 1 aromatic heterocycles. The van der Waals surface area contributed by atoms with Crippen LogP contribution in [0.4, 0.5) is 0 Å². The number of carbonyl (C=O) groups excluding carboxylic acids is 2. The predicted molar refractivity (Wildman–Crippen MR) is 135 cm³/mol. The molecule has 4 fully saturated rings. The van der Waals surface area contributed by atoms with E-state index in [0.29, 0.717) is 6.54 Å². The zero-order chi connectivity index (χ0) is 24.0. The smallest absolute Gasteiger partial charge is 0.226 e. The molecule has 3 aromatic rings. The summed E-state index contributed by atoms with van der Waals surface area (Å²) in [5.41, 5.74) is 2.74. The Bertz CT molecular complexity index is 1210. The van der Waals surface area contributed by atoms with Crippen LogP contribution in [0, 0.1) is 23.2 Å². The molecule has 6 nitrogen and oxygen atoms in total. The highest BCUT2D eigenvalue weighted by molar-refractivity contribution is 5.84. The van der Waals surface area contributed by atoms with E-state index in [0.717, 1.165) is 59.4 Å². The lowest BCUT2D eigenvalue weighted by molar-refractivity contribution is -0.146. The predicted octanol–water partition coefficient (Wildman–Crippen LogP) is 4.50. The summed E-state index contributed by atoms with van der Waals surface area (Å²) in [6.45, 7) is 0.371. The lowest BCUT2D eigenvalue weighted by Crippen LogP contribution is -2.53.